The zero-order valence-corrected chi connectivity index (χ0v) is 31.5. The van der Waals surface area contributed by atoms with E-state index in [1.807, 2.05) is 13.8 Å². The van der Waals surface area contributed by atoms with Gasteiger partial charge in [-0.25, -0.2) is 9.18 Å². The van der Waals surface area contributed by atoms with E-state index in [2.05, 4.69) is 16.0 Å². The van der Waals surface area contributed by atoms with Crippen molar-refractivity contribution in [2.45, 2.75) is 127 Å². The number of piperidine rings is 1. The van der Waals surface area contributed by atoms with E-state index < -0.39 is 84.5 Å². The average Bonchev–Trinajstić information content (AvgIpc) is 3.84. The van der Waals surface area contributed by atoms with Crippen molar-refractivity contribution >= 4 is 35.5 Å². The number of aliphatic hydroxyl groups is 1. The first-order valence-electron chi connectivity index (χ1n) is 19.4. The lowest BCUT2D eigenvalue weighted by Crippen LogP contribution is -2.63. The van der Waals surface area contributed by atoms with Crippen LogP contribution in [0.5, 0.6) is 0 Å². The monoisotopic (exact) mass is 754 g/mol. The van der Waals surface area contributed by atoms with Gasteiger partial charge in [-0.3, -0.25) is 28.9 Å². The SMILES string of the molecule is CCCCC=CC(=O)NC(Cc1cccc(F)c1)C(=O)NC1COC(=O)C2CCCN2C(=O)C(C)NC(=O)C2CC(C)CCN2C(=O)C2CCCN2C1O. The van der Waals surface area contributed by atoms with Gasteiger partial charge in [0.15, 0.2) is 0 Å². The molecule has 0 bridgehead atoms. The highest BCUT2D eigenvalue weighted by molar-refractivity contribution is 5.95. The summed E-state index contributed by atoms with van der Waals surface area (Å²) >= 11 is 0. The number of rotatable bonds is 9. The number of nitrogens with one attached hydrogen (secondary N) is 3. The number of hydrogen-bond donors (Lipinski definition) is 4. The van der Waals surface area contributed by atoms with E-state index in [1.165, 1.54) is 29.2 Å². The number of carbonyl (C=O) groups is 6. The summed E-state index contributed by atoms with van der Waals surface area (Å²) in [6.45, 7) is 5.97. The Hall–Kier alpha value is -4.37. The average molecular weight is 755 g/mol. The summed E-state index contributed by atoms with van der Waals surface area (Å²) in [7, 11) is 0. The first-order chi connectivity index (χ1) is 25.9. The minimum Gasteiger partial charge on any atom is -0.462 e. The van der Waals surface area contributed by atoms with Gasteiger partial charge < -0.3 is 35.6 Å². The molecule has 4 aliphatic heterocycles. The molecule has 4 heterocycles. The number of ether oxygens (including phenoxy) is 1. The largest absolute Gasteiger partial charge is 0.462 e. The molecule has 1 aromatic rings. The van der Waals surface area contributed by atoms with E-state index in [9.17, 15) is 38.3 Å². The number of hydrogen-bond acceptors (Lipinski definition) is 9. The van der Waals surface area contributed by atoms with Crippen LogP contribution >= 0.6 is 0 Å². The third kappa shape index (κ3) is 10.0. The van der Waals surface area contributed by atoms with Gasteiger partial charge in [-0.05, 0) is 81.6 Å². The van der Waals surface area contributed by atoms with Gasteiger partial charge in [0.1, 0.15) is 48.9 Å². The fourth-order valence-electron chi connectivity index (χ4n) is 7.94. The lowest BCUT2D eigenvalue weighted by Gasteiger charge is -2.42. The van der Waals surface area contributed by atoms with Crippen molar-refractivity contribution in [1.29, 1.82) is 0 Å². The fraction of sp³-hybridized carbons (Fsp3) is 0.641. The summed E-state index contributed by atoms with van der Waals surface area (Å²) in [6, 6.07) is -0.415. The van der Waals surface area contributed by atoms with Crippen molar-refractivity contribution < 1.29 is 43.0 Å². The molecule has 0 aromatic heterocycles. The molecule has 1 aromatic carbocycles. The number of nitrogens with zero attached hydrogens (tertiary/aromatic N) is 3. The number of allylic oxidation sites excluding steroid dienone is 1. The number of esters is 1. The molecule has 4 aliphatic rings. The van der Waals surface area contributed by atoms with Crippen LogP contribution in [0.1, 0.15) is 84.1 Å². The van der Waals surface area contributed by atoms with Crippen LogP contribution in [-0.2, 0) is 39.9 Å². The highest BCUT2D eigenvalue weighted by Crippen LogP contribution is 2.29. The molecular formula is C39H55FN6O8. The Morgan fingerprint density at radius 2 is 1.76 bits per heavy atom. The predicted octanol–water partition coefficient (Wildman–Crippen LogP) is 1.55. The molecule has 0 aliphatic carbocycles. The van der Waals surface area contributed by atoms with E-state index in [-0.39, 0.29) is 31.3 Å². The lowest BCUT2D eigenvalue weighted by atomic mass is 9.91. The second kappa shape index (κ2) is 18.8. The number of unbranched alkanes of at least 4 members (excludes halogenated alkanes) is 2. The maximum atomic E-state index is 14.3. The normalized spacial score (nSPS) is 29.2. The maximum absolute atomic E-state index is 14.3. The smallest absolute Gasteiger partial charge is 0.328 e. The van der Waals surface area contributed by atoms with Crippen molar-refractivity contribution in [1.82, 2.24) is 30.7 Å². The Morgan fingerprint density at radius 1 is 1.02 bits per heavy atom. The van der Waals surface area contributed by atoms with Gasteiger partial charge in [0.25, 0.3) is 0 Å². The van der Waals surface area contributed by atoms with Crippen molar-refractivity contribution in [3.05, 3.63) is 47.8 Å². The van der Waals surface area contributed by atoms with E-state index in [0.717, 1.165) is 12.8 Å². The minimum absolute atomic E-state index is 0.0836. The van der Waals surface area contributed by atoms with E-state index in [1.54, 1.807) is 28.9 Å². The van der Waals surface area contributed by atoms with Crippen LogP contribution in [-0.4, -0.2) is 124 Å². The summed E-state index contributed by atoms with van der Waals surface area (Å²) < 4.78 is 19.9. The van der Waals surface area contributed by atoms with Crippen LogP contribution in [0.15, 0.2) is 36.4 Å². The Labute approximate surface area is 316 Å². The highest BCUT2D eigenvalue weighted by atomic mass is 19.1. The number of benzene rings is 1. The molecule has 296 valence electrons. The first kappa shape index (κ1) is 40.8. The van der Waals surface area contributed by atoms with Crippen LogP contribution < -0.4 is 16.0 Å². The quantitative estimate of drug-likeness (QED) is 0.166. The zero-order chi connectivity index (χ0) is 38.9. The van der Waals surface area contributed by atoms with Crippen LogP contribution in [0.3, 0.4) is 0 Å². The predicted molar refractivity (Wildman–Crippen MR) is 196 cm³/mol. The molecule has 54 heavy (non-hydrogen) atoms. The van der Waals surface area contributed by atoms with Crippen LogP contribution in [0.4, 0.5) is 4.39 Å². The standard InChI is InChI=1S/C39H55FN6O8/c1-4-5-6-7-15-33(47)42-28(22-26-11-8-12-27(40)21-26)34(48)43-29-23-54-39(53)31-14-10-18-45(31)36(50)25(3)41-35(49)32-20-24(2)16-19-46(32)38(52)30-13-9-17-44(30)37(29)51/h7-8,11-12,15,21,24-25,28-32,37,51H,4-6,9-10,13-14,16-20,22-23H2,1-3H3,(H,41,49)(H,42,47)(H,43,48). The fourth-order valence-corrected chi connectivity index (χ4v) is 7.94. The molecular weight excluding hydrogens is 699 g/mol. The Kier molecular flexibility index (Phi) is 14.2. The number of aliphatic hydroxyl groups excluding tert-OH is 1. The number of carbonyl (C=O) groups excluding carboxylic acids is 6. The third-order valence-corrected chi connectivity index (χ3v) is 11.0. The molecule has 8 unspecified atom stereocenters. The third-order valence-electron chi connectivity index (χ3n) is 11.0. The van der Waals surface area contributed by atoms with Crippen molar-refractivity contribution in [2.75, 3.05) is 26.2 Å². The Morgan fingerprint density at radius 3 is 2.52 bits per heavy atom. The molecule has 0 spiro atoms. The van der Waals surface area contributed by atoms with E-state index in [4.69, 9.17) is 4.74 Å². The lowest BCUT2D eigenvalue weighted by molar-refractivity contribution is -0.160. The number of fused-ring (bicyclic) bond motifs is 3. The first-order valence-corrected chi connectivity index (χ1v) is 19.4. The number of cyclic esters (lactones) is 1. The van der Waals surface area contributed by atoms with Crippen LogP contribution in [0, 0.1) is 11.7 Å². The summed E-state index contributed by atoms with van der Waals surface area (Å²) in [5, 5.41) is 20.2. The Balaban J connectivity index is 1.45. The molecule has 4 saturated heterocycles. The number of halogens is 1. The van der Waals surface area contributed by atoms with Gasteiger partial charge in [0.2, 0.25) is 29.5 Å². The molecule has 5 rings (SSSR count). The summed E-state index contributed by atoms with van der Waals surface area (Å²) in [6.07, 6.45) is 6.79. The summed E-state index contributed by atoms with van der Waals surface area (Å²) in [5.74, 6) is -3.62. The van der Waals surface area contributed by atoms with E-state index >= 15 is 0 Å². The topological polar surface area (TPSA) is 178 Å². The second-order valence-corrected chi connectivity index (χ2v) is 15.1. The zero-order valence-electron chi connectivity index (χ0n) is 31.5. The number of amides is 5. The van der Waals surface area contributed by atoms with Gasteiger partial charge in [-0.2, -0.15) is 0 Å². The molecule has 0 saturated carbocycles. The minimum atomic E-state index is -1.53. The summed E-state index contributed by atoms with van der Waals surface area (Å²) in [4.78, 5) is 86.7. The molecule has 0 radical (unpaired) electrons. The van der Waals surface area contributed by atoms with Crippen molar-refractivity contribution in [2.24, 2.45) is 5.92 Å². The van der Waals surface area contributed by atoms with Gasteiger partial charge in [-0.1, -0.05) is 44.9 Å². The molecule has 15 heteroatoms. The van der Waals surface area contributed by atoms with Crippen LogP contribution in [0.2, 0.25) is 0 Å². The Bertz CT molecular complexity index is 1570. The summed E-state index contributed by atoms with van der Waals surface area (Å²) in [5.41, 5.74) is 0.440. The van der Waals surface area contributed by atoms with Gasteiger partial charge in [-0.15, -0.1) is 0 Å². The van der Waals surface area contributed by atoms with E-state index in [0.29, 0.717) is 57.1 Å². The van der Waals surface area contributed by atoms with Gasteiger partial charge in [0, 0.05) is 26.1 Å². The van der Waals surface area contributed by atoms with Crippen LogP contribution in [0.25, 0.3) is 0 Å². The molecule has 4 fully saturated rings. The molecule has 8 atom stereocenters. The van der Waals surface area contributed by atoms with Crippen molar-refractivity contribution in [3.8, 4) is 0 Å². The van der Waals surface area contributed by atoms with Gasteiger partial charge in [0.05, 0.1) is 6.04 Å². The van der Waals surface area contributed by atoms with Gasteiger partial charge >= 0.3 is 5.97 Å². The highest BCUT2D eigenvalue weighted by Gasteiger charge is 2.46. The second-order valence-electron chi connectivity index (χ2n) is 15.1. The van der Waals surface area contributed by atoms with Crippen molar-refractivity contribution in [3.63, 3.8) is 0 Å². The molecule has 14 nitrogen and oxygen atoms in total. The molecule has 5 amide bonds. The molecule has 4 N–H and O–H groups in total. The maximum Gasteiger partial charge on any atom is 0.328 e.